The van der Waals surface area contributed by atoms with Crippen LogP contribution in [0, 0.1) is 12.7 Å². The van der Waals surface area contributed by atoms with Gasteiger partial charge in [0.05, 0.1) is 12.1 Å². The first-order valence-corrected chi connectivity index (χ1v) is 5.05. The molecule has 0 saturated heterocycles. The van der Waals surface area contributed by atoms with E-state index in [0.29, 0.717) is 5.82 Å². The van der Waals surface area contributed by atoms with Gasteiger partial charge in [0.25, 0.3) is 5.91 Å². The largest absolute Gasteiger partial charge is 0.345 e. The van der Waals surface area contributed by atoms with Crippen molar-refractivity contribution in [2.75, 3.05) is 0 Å². The lowest BCUT2D eigenvalue weighted by atomic mass is 10.1. The van der Waals surface area contributed by atoms with Crippen LogP contribution in [0.25, 0.3) is 0 Å². The van der Waals surface area contributed by atoms with Crippen molar-refractivity contribution in [3.05, 3.63) is 47.3 Å². The molecule has 0 aliphatic heterocycles. The lowest BCUT2D eigenvalue weighted by Gasteiger charge is -2.05. The van der Waals surface area contributed by atoms with E-state index in [0.717, 1.165) is 5.56 Å². The van der Waals surface area contributed by atoms with Crippen LogP contribution in [0.3, 0.4) is 0 Å². The zero-order valence-electron chi connectivity index (χ0n) is 9.20. The van der Waals surface area contributed by atoms with Crippen LogP contribution in [-0.2, 0) is 6.54 Å². The van der Waals surface area contributed by atoms with E-state index < -0.39 is 11.7 Å². The number of aromatic amines is 1. The second-order valence-electron chi connectivity index (χ2n) is 3.60. The van der Waals surface area contributed by atoms with Gasteiger partial charge in [-0.25, -0.2) is 9.37 Å². The van der Waals surface area contributed by atoms with Gasteiger partial charge < -0.3 is 5.32 Å². The summed E-state index contributed by atoms with van der Waals surface area (Å²) in [6.45, 7) is 1.99. The first-order valence-electron chi connectivity index (χ1n) is 5.05. The van der Waals surface area contributed by atoms with Crippen molar-refractivity contribution in [1.82, 2.24) is 20.5 Å². The molecule has 17 heavy (non-hydrogen) atoms. The number of aryl methyl sites for hydroxylation is 1. The van der Waals surface area contributed by atoms with E-state index in [1.165, 1.54) is 18.5 Å². The van der Waals surface area contributed by atoms with Crippen molar-refractivity contribution in [2.45, 2.75) is 13.5 Å². The highest BCUT2D eigenvalue weighted by molar-refractivity contribution is 5.94. The minimum absolute atomic E-state index is 0.0320. The fourth-order valence-electron chi connectivity index (χ4n) is 1.39. The Hall–Kier alpha value is -2.24. The lowest BCUT2D eigenvalue weighted by Crippen LogP contribution is -2.24. The molecule has 0 atom stereocenters. The molecule has 88 valence electrons. The number of hydrogen-bond acceptors (Lipinski definition) is 3. The Morgan fingerprint density at radius 2 is 2.35 bits per heavy atom. The summed E-state index contributed by atoms with van der Waals surface area (Å²) in [6.07, 6.45) is 1.34. The van der Waals surface area contributed by atoms with Crippen LogP contribution in [0.15, 0.2) is 24.5 Å². The van der Waals surface area contributed by atoms with E-state index in [1.54, 1.807) is 13.0 Å². The van der Waals surface area contributed by atoms with Crippen LogP contribution in [0.2, 0.25) is 0 Å². The maximum atomic E-state index is 13.4. The highest BCUT2D eigenvalue weighted by atomic mass is 19.1. The Bertz CT molecular complexity index is 524. The van der Waals surface area contributed by atoms with Gasteiger partial charge in [0.15, 0.2) is 0 Å². The Labute approximate surface area is 97.1 Å². The monoisotopic (exact) mass is 234 g/mol. The van der Waals surface area contributed by atoms with Gasteiger partial charge in [-0.3, -0.25) is 9.89 Å². The summed E-state index contributed by atoms with van der Waals surface area (Å²) >= 11 is 0. The molecule has 0 aliphatic rings. The summed E-state index contributed by atoms with van der Waals surface area (Å²) in [5.41, 5.74) is 0.862. The molecule has 0 spiro atoms. The van der Waals surface area contributed by atoms with Gasteiger partial charge in [-0.05, 0) is 19.1 Å². The van der Waals surface area contributed by atoms with Crippen molar-refractivity contribution in [3.63, 3.8) is 0 Å². The van der Waals surface area contributed by atoms with Crippen molar-refractivity contribution >= 4 is 5.91 Å². The van der Waals surface area contributed by atoms with Crippen molar-refractivity contribution in [3.8, 4) is 0 Å². The van der Waals surface area contributed by atoms with E-state index in [4.69, 9.17) is 0 Å². The summed E-state index contributed by atoms with van der Waals surface area (Å²) < 4.78 is 13.4. The number of rotatable bonds is 3. The van der Waals surface area contributed by atoms with Crippen LogP contribution in [-0.4, -0.2) is 21.1 Å². The van der Waals surface area contributed by atoms with E-state index in [9.17, 15) is 9.18 Å². The van der Waals surface area contributed by atoms with Crippen molar-refractivity contribution in [1.29, 1.82) is 0 Å². The van der Waals surface area contributed by atoms with Crippen LogP contribution < -0.4 is 5.32 Å². The number of amides is 1. The fraction of sp³-hybridized carbons (Fsp3) is 0.182. The van der Waals surface area contributed by atoms with Crippen molar-refractivity contribution < 1.29 is 9.18 Å². The molecule has 0 aliphatic carbocycles. The number of aromatic nitrogens is 3. The topological polar surface area (TPSA) is 70.7 Å². The molecule has 2 rings (SSSR count). The molecule has 0 radical (unpaired) electrons. The number of carbonyl (C=O) groups excluding carboxylic acids is 1. The Morgan fingerprint density at radius 3 is 3.06 bits per heavy atom. The van der Waals surface area contributed by atoms with Gasteiger partial charge in [-0.15, -0.1) is 0 Å². The predicted molar refractivity (Wildman–Crippen MR) is 58.7 cm³/mol. The summed E-state index contributed by atoms with van der Waals surface area (Å²) in [7, 11) is 0. The SMILES string of the molecule is Cc1ccc(F)c(C(=O)NCc2ncn[nH]2)c1. The summed E-state index contributed by atoms with van der Waals surface area (Å²) in [5.74, 6) is -0.486. The van der Waals surface area contributed by atoms with Gasteiger partial charge in [0.2, 0.25) is 0 Å². The quantitative estimate of drug-likeness (QED) is 0.837. The van der Waals surface area contributed by atoms with E-state index >= 15 is 0 Å². The number of carbonyl (C=O) groups is 1. The maximum absolute atomic E-state index is 13.4. The summed E-state index contributed by atoms with van der Waals surface area (Å²) in [5, 5.41) is 8.80. The first-order chi connectivity index (χ1) is 8.16. The smallest absolute Gasteiger partial charge is 0.254 e. The molecule has 6 heteroatoms. The molecule has 0 bridgehead atoms. The zero-order chi connectivity index (χ0) is 12.3. The molecule has 0 saturated carbocycles. The van der Waals surface area contributed by atoms with Gasteiger partial charge in [0, 0.05) is 0 Å². The predicted octanol–water partition coefficient (Wildman–Crippen LogP) is 1.18. The Balaban J connectivity index is 2.07. The van der Waals surface area contributed by atoms with Gasteiger partial charge in [0.1, 0.15) is 18.0 Å². The zero-order valence-corrected chi connectivity index (χ0v) is 9.20. The molecular formula is C11H11FN4O. The van der Waals surface area contributed by atoms with Gasteiger partial charge in [-0.1, -0.05) is 11.6 Å². The highest BCUT2D eigenvalue weighted by Crippen LogP contribution is 2.09. The fourth-order valence-corrected chi connectivity index (χ4v) is 1.39. The average Bonchev–Trinajstić information content (AvgIpc) is 2.82. The molecule has 1 aromatic carbocycles. The minimum atomic E-state index is -0.536. The van der Waals surface area contributed by atoms with Crippen molar-refractivity contribution in [2.24, 2.45) is 0 Å². The molecule has 0 fully saturated rings. The molecule has 2 N–H and O–H groups in total. The second kappa shape index (κ2) is 4.73. The number of nitrogens with one attached hydrogen (secondary N) is 2. The second-order valence-corrected chi connectivity index (χ2v) is 3.60. The minimum Gasteiger partial charge on any atom is -0.345 e. The molecule has 1 amide bonds. The average molecular weight is 234 g/mol. The van der Waals surface area contributed by atoms with Gasteiger partial charge in [-0.2, -0.15) is 5.10 Å². The number of hydrogen-bond donors (Lipinski definition) is 2. The normalized spacial score (nSPS) is 10.2. The molecular weight excluding hydrogens is 223 g/mol. The number of halogens is 1. The molecule has 1 heterocycles. The third kappa shape index (κ3) is 2.66. The van der Waals surface area contributed by atoms with Crippen LogP contribution in [0.4, 0.5) is 4.39 Å². The van der Waals surface area contributed by atoms with Crippen LogP contribution >= 0.6 is 0 Å². The standard InChI is InChI=1S/C11H11FN4O/c1-7-2-3-9(12)8(4-7)11(17)13-5-10-14-6-15-16-10/h2-4,6H,5H2,1H3,(H,13,17)(H,14,15,16). The van der Waals surface area contributed by atoms with Crippen LogP contribution in [0.5, 0.6) is 0 Å². The Morgan fingerprint density at radius 1 is 1.53 bits per heavy atom. The van der Waals surface area contributed by atoms with E-state index in [2.05, 4.69) is 20.5 Å². The maximum Gasteiger partial charge on any atom is 0.254 e. The summed E-state index contributed by atoms with van der Waals surface area (Å²) in [4.78, 5) is 15.5. The third-order valence-electron chi connectivity index (χ3n) is 2.25. The van der Waals surface area contributed by atoms with Gasteiger partial charge >= 0.3 is 0 Å². The molecule has 0 unspecified atom stereocenters. The van der Waals surface area contributed by atoms with E-state index in [-0.39, 0.29) is 12.1 Å². The third-order valence-corrected chi connectivity index (χ3v) is 2.25. The first kappa shape index (κ1) is 11.3. The number of H-pyrrole nitrogens is 1. The van der Waals surface area contributed by atoms with E-state index in [1.807, 2.05) is 0 Å². The molecule has 1 aromatic heterocycles. The molecule has 5 nitrogen and oxygen atoms in total. The molecule has 2 aromatic rings. The number of nitrogens with zero attached hydrogens (tertiary/aromatic N) is 2. The number of benzene rings is 1. The lowest BCUT2D eigenvalue weighted by molar-refractivity contribution is 0.0946. The highest BCUT2D eigenvalue weighted by Gasteiger charge is 2.11. The van der Waals surface area contributed by atoms with Crippen LogP contribution in [0.1, 0.15) is 21.7 Å². The summed E-state index contributed by atoms with van der Waals surface area (Å²) in [6, 6.07) is 4.40. The Kier molecular flexibility index (Phi) is 3.13.